The summed E-state index contributed by atoms with van der Waals surface area (Å²) in [5.41, 5.74) is 0. The van der Waals surface area contributed by atoms with Gasteiger partial charge in [0.2, 0.25) is 0 Å². The highest BCUT2D eigenvalue weighted by molar-refractivity contribution is 5.71. The van der Waals surface area contributed by atoms with Crippen LogP contribution in [0.2, 0.25) is 0 Å². The maximum atomic E-state index is 12.9. The van der Waals surface area contributed by atoms with Gasteiger partial charge in [-0.3, -0.25) is 14.4 Å². The first kappa shape index (κ1) is 76.6. The summed E-state index contributed by atoms with van der Waals surface area (Å²) in [6.45, 7) is 6.68. The van der Waals surface area contributed by atoms with Gasteiger partial charge < -0.3 is 14.2 Å². The first-order valence-electron chi connectivity index (χ1n) is 35.5. The molecule has 0 aliphatic carbocycles. The number of unbranched alkanes of at least 4 members (excludes halogenated alkanes) is 49. The molecular weight excluding hydrogens is 973 g/mol. The monoisotopic (exact) mass is 1110 g/mol. The standard InChI is InChI=1S/C73H136O6/c1-4-7-10-13-16-19-22-25-28-31-32-33-34-35-36-37-38-39-40-43-45-48-51-54-57-60-63-66-72(75)78-69-70(79-73(76)67-64-61-58-55-52-49-46-42-30-27-24-21-18-15-12-9-6-3)68-77-71(74)65-62-59-56-53-50-47-44-41-29-26-23-20-17-14-11-8-5-2/h18,21,26-27,29-30,70H,4-17,19-20,22-25,28,31-69H2,1-3H3/b21-18-,29-26-,30-27-. The number of esters is 3. The Kier molecular flexibility index (Phi) is 66.1. The number of carbonyl (C=O) groups excluding carboxylic acids is 3. The molecule has 0 saturated heterocycles. The molecule has 0 radical (unpaired) electrons. The third kappa shape index (κ3) is 66.3. The van der Waals surface area contributed by atoms with Crippen LogP contribution in [0.1, 0.15) is 393 Å². The zero-order valence-corrected chi connectivity index (χ0v) is 53.4. The Morgan fingerprint density at radius 3 is 0.734 bits per heavy atom. The van der Waals surface area contributed by atoms with E-state index < -0.39 is 6.10 Å². The lowest BCUT2D eigenvalue weighted by molar-refractivity contribution is -0.167. The summed E-state index contributed by atoms with van der Waals surface area (Å²) in [6, 6.07) is 0. The fourth-order valence-corrected chi connectivity index (χ4v) is 10.8. The predicted molar refractivity (Wildman–Crippen MR) is 344 cm³/mol. The van der Waals surface area contributed by atoms with E-state index in [4.69, 9.17) is 14.2 Å². The SMILES string of the molecule is CCCCC/C=C\C/C=C\CCCCCCCCCC(=O)OC(COC(=O)CCCCCCCCC/C=C\CCCCCCCC)COC(=O)CCCCCCCCCCCCCCCCCCCCCCCCCCCCC. The minimum Gasteiger partial charge on any atom is -0.462 e. The molecule has 79 heavy (non-hydrogen) atoms. The topological polar surface area (TPSA) is 78.9 Å². The molecule has 0 rings (SSSR count). The highest BCUT2D eigenvalue weighted by atomic mass is 16.6. The predicted octanol–water partition coefficient (Wildman–Crippen LogP) is 24.3. The third-order valence-electron chi connectivity index (χ3n) is 16.1. The summed E-state index contributed by atoms with van der Waals surface area (Å²) in [7, 11) is 0. The van der Waals surface area contributed by atoms with E-state index in [1.54, 1.807) is 0 Å². The molecule has 0 spiro atoms. The largest absolute Gasteiger partial charge is 0.462 e. The first-order chi connectivity index (χ1) is 39.0. The zero-order valence-electron chi connectivity index (χ0n) is 53.4. The Bertz CT molecular complexity index is 1320. The summed E-state index contributed by atoms with van der Waals surface area (Å²) in [5.74, 6) is -0.857. The van der Waals surface area contributed by atoms with Gasteiger partial charge in [-0.05, 0) is 77.0 Å². The van der Waals surface area contributed by atoms with E-state index in [2.05, 4.69) is 57.2 Å². The smallest absolute Gasteiger partial charge is 0.306 e. The molecule has 0 aromatic rings. The molecule has 464 valence electrons. The Balaban J connectivity index is 4.24. The van der Waals surface area contributed by atoms with Gasteiger partial charge in [-0.2, -0.15) is 0 Å². The van der Waals surface area contributed by atoms with E-state index in [9.17, 15) is 14.4 Å². The Hall–Kier alpha value is -2.37. The Morgan fingerprint density at radius 1 is 0.253 bits per heavy atom. The van der Waals surface area contributed by atoms with Gasteiger partial charge in [0, 0.05) is 19.3 Å². The summed E-state index contributed by atoms with van der Waals surface area (Å²) in [5, 5.41) is 0. The lowest BCUT2D eigenvalue weighted by Gasteiger charge is -2.18. The number of hydrogen-bond donors (Lipinski definition) is 0. The molecule has 1 unspecified atom stereocenters. The number of rotatable bonds is 66. The van der Waals surface area contributed by atoms with Crippen molar-refractivity contribution >= 4 is 17.9 Å². The van der Waals surface area contributed by atoms with E-state index in [-0.39, 0.29) is 31.1 Å². The van der Waals surface area contributed by atoms with Crippen LogP contribution >= 0.6 is 0 Å². The molecule has 0 aromatic carbocycles. The average Bonchev–Trinajstić information content (AvgIpc) is 3.45. The van der Waals surface area contributed by atoms with Crippen LogP contribution in [0.4, 0.5) is 0 Å². The molecule has 0 heterocycles. The van der Waals surface area contributed by atoms with E-state index in [1.807, 2.05) is 0 Å². The summed E-state index contributed by atoms with van der Waals surface area (Å²) in [4.78, 5) is 38.4. The molecule has 0 fully saturated rings. The van der Waals surface area contributed by atoms with E-state index in [1.165, 1.54) is 283 Å². The lowest BCUT2D eigenvalue weighted by atomic mass is 10.0. The highest BCUT2D eigenvalue weighted by Crippen LogP contribution is 2.18. The van der Waals surface area contributed by atoms with Crippen molar-refractivity contribution in [3.8, 4) is 0 Å². The van der Waals surface area contributed by atoms with Gasteiger partial charge in [0.25, 0.3) is 0 Å². The zero-order chi connectivity index (χ0) is 57.1. The molecule has 0 aliphatic heterocycles. The van der Waals surface area contributed by atoms with Crippen LogP contribution in [0.5, 0.6) is 0 Å². The van der Waals surface area contributed by atoms with Crippen molar-refractivity contribution in [2.75, 3.05) is 13.2 Å². The molecule has 6 nitrogen and oxygen atoms in total. The van der Waals surface area contributed by atoms with Gasteiger partial charge in [0.05, 0.1) is 0 Å². The van der Waals surface area contributed by atoms with Crippen LogP contribution in [0, 0.1) is 0 Å². The third-order valence-corrected chi connectivity index (χ3v) is 16.1. The van der Waals surface area contributed by atoms with Crippen molar-refractivity contribution in [3.63, 3.8) is 0 Å². The maximum absolute atomic E-state index is 12.9. The van der Waals surface area contributed by atoms with Crippen molar-refractivity contribution in [2.24, 2.45) is 0 Å². The summed E-state index contributed by atoms with van der Waals surface area (Å²) < 4.78 is 17.0. The van der Waals surface area contributed by atoms with Gasteiger partial charge >= 0.3 is 17.9 Å². The molecule has 0 amide bonds. The second kappa shape index (κ2) is 68.1. The van der Waals surface area contributed by atoms with Crippen molar-refractivity contribution < 1.29 is 28.6 Å². The van der Waals surface area contributed by atoms with Gasteiger partial charge in [0.1, 0.15) is 13.2 Å². The van der Waals surface area contributed by atoms with Crippen LogP contribution in [-0.4, -0.2) is 37.2 Å². The minimum atomic E-state index is -0.777. The van der Waals surface area contributed by atoms with Gasteiger partial charge in [-0.15, -0.1) is 0 Å². The first-order valence-corrected chi connectivity index (χ1v) is 35.5. The van der Waals surface area contributed by atoms with Gasteiger partial charge in [-0.25, -0.2) is 0 Å². The maximum Gasteiger partial charge on any atom is 0.306 e. The van der Waals surface area contributed by atoms with E-state index >= 15 is 0 Å². The minimum absolute atomic E-state index is 0.0722. The molecule has 6 heteroatoms. The Labute approximate surface area is 493 Å². The molecule has 0 N–H and O–H groups in total. The van der Waals surface area contributed by atoms with Crippen molar-refractivity contribution in [1.82, 2.24) is 0 Å². The van der Waals surface area contributed by atoms with Gasteiger partial charge in [0.15, 0.2) is 6.10 Å². The van der Waals surface area contributed by atoms with E-state index in [0.717, 1.165) is 70.6 Å². The van der Waals surface area contributed by atoms with Crippen LogP contribution < -0.4 is 0 Å². The fourth-order valence-electron chi connectivity index (χ4n) is 10.8. The fraction of sp³-hybridized carbons (Fsp3) is 0.877. The Morgan fingerprint density at radius 2 is 0.456 bits per heavy atom. The van der Waals surface area contributed by atoms with Gasteiger partial charge in [-0.1, -0.05) is 333 Å². The number of hydrogen-bond acceptors (Lipinski definition) is 6. The van der Waals surface area contributed by atoms with E-state index in [0.29, 0.717) is 19.3 Å². The molecular formula is C73H136O6. The molecule has 0 saturated carbocycles. The second-order valence-corrected chi connectivity index (χ2v) is 24.1. The lowest BCUT2D eigenvalue weighted by Crippen LogP contribution is -2.30. The number of ether oxygens (including phenoxy) is 3. The number of carbonyl (C=O) groups is 3. The number of allylic oxidation sites excluding steroid dienone is 6. The second-order valence-electron chi connectivity index (χ2n) is 24.1. The highest BCUT2D eigenvalue weighted by Gasteiger charge is 2.19. The molecule has 0 bridgehead atoms. The van der Waals surface area contributed by atoms with Crippen LogP contribution in [0.3, 0.4) is 0 Å². The van der Waals surface area contributed by atoms with Crippen molar-refractivity contribution in [1.29, 1.82) is 0 Å². The van der Waals surface area contributed by atoms with Crippen LogP contribution in [0.15, 0.2) is 36.5 Å². The summed E-state index contributed by atoms with van der Waals surface area (Å²) >= 11 is 0. The van der Waals surface area contributed by atoms with Crippen molar-refractivity contribution in [3.05, 3.63) is 36.5 Å². The quantitative estimate of drug-likeness (QED) is 0.0261. The molecule has 1 atom stereocenters. The molecule has 0 aromatic heterocycles. The average molecular weight is 1110 g/mol. The van der Waals surface area contributed by atoms with Crippen molar-refractivity contribution in [2.45, 2.75) is 399 Å². The van der Waals surface area contributed by atoms with Crippen LogP contribution in [-0.2, 0) is 28.6 Å². The van der Waals surface area contributed by atoms with Crippen LogP contribution in [0.25, 0.3) is 0 Å². The normalized spacial score (nSPS) is 12.2. The molecule has 0 aliphatic rings. The summed E-state index contributed by atoms with van der Waals surface area (Å²) in [6.07, 6.45) is 84.6.